The predicted molar refractivity (Wildman–Crippen MR) is 75.8 cm³/mol. The van der Waals surface area contributed by atoms with Gasteiger partial charge in [0.15, 0.2) is 6.29 Å². The average molecular weight is 275 g/mol. The number of hydrogen-bond donors (Lipinski definition) is 0. The lowest BCUT2D eigenvalue weighted by Crippen LogP contribution is -2.33. The van der Waals surface area contributed by atoms with E-state index in [1.54, 1.807) is 0 Å². The van der Waals surface area contributed by atoms with E-state index in [1.165, 1.54) is 0 Å². The van der Waals surface area contributed by atoms with Crippen LogP contribution in [0.2, 0.25) is 0 Å². The number of aldehydes is 1. The van der Waals surface area contributed by atoms with Crippen molar-refractivity contribution in [1.29, 1.82) is 5.26 Å². The van der Waals surface area contributed by atoms with E-state index >= 15 is 0 Å². The van der Waals surface area contributed by atoms with Gasteiger partial charge in [-0.05, 0) is 25.8 Å². The normalized spacial score (nSPS) is 13.7. The summed E-state index contributed by atoms with van der Waals surface area (Å²) in [6.07, 6.45) is 0.680. The van der Waals surface area contributed by atoms with E-state index in [2.05, 4.69) is 6.07 Å². The van der Waals surface area contributed by atoms with Crippen LogP contribution >= 0.6 is 0 Å². The third-order valence-corrected chi connectivity index (χ3v) is 3.05. The summed E-state index contributed by atoms with van der Waals surface area (Å²) in [6.45, 7) is 4.57. The topological polar surface area (TPSA) is 59.3 Å². The molecule has 0 saturated carbocycles. The number of carbonyl (C=O) groups is 1. The maximum absolute atomic E-state index is 11.4. The molecule has 0 fully saturated rings. The van der Waals surface area contributed by atoms with E-state index < -0.39 is 18.1 Å². The standard InChI is InChI=1S/C16H21NO3/c1-3-19-16(20-4-2)15(11-17)14(12-18)10-13-8-6-5-7-9-13/h5-9,12,14-16H,3-4,10H2,1-2H3. The summed E-state index contributed by atoms with van der Waals surface area (Å²) in [7, 11) is 0. The Balaban J connectivity index is 2.82. The number of benzene rings is 1. The maximum Gasteiger partial charge on any atom is 0.173 e. The Morgan fingerprint density at radius 2 is 1.80 bits per heavy atom. The molecule has 1 aromatic carbocycles. The molecule has 0 spiro atoms. The summed E-state index contributed by atoms with van der Waals surface area (Å²) in [4.78, 5) is 11.4. The third kappa shape index (κ3) is 4.76. The highest BCUT2D eigenvalue weighted by molar-refractivity contribution is 5.56. The SMILES string of the molecule is CCOC(OCC)C(C#N)C(C=O)Cc1ccccc1. The summed E-state index contributed by atoms with van der Waals surface area (Å²) in [6, 6.07) is 11.8. The lowest BCUT2D eigenvalue weighted by atomic mass is 9.88. The fraction of sp³-hybridized carbons (Fsp3) is 0.500. The van der Waals surface area contributed by atoms with Crippen molar-refractivity contribution in [2.75, 3.05) is 13.2 Å². The Bertz CT molecular complexity index is 421. The molecular weight excluding hydrogens is 254 g/mol. The van der Waals surface area contributed by atoms with Gasteiger partial charge in [-0.15, -0.1) is 0 Å². The van der Waals surface area contributed by atoms with Crippen molar-refractivity contribution in [2.24, 2.45) is 11.8 Å². The van der Waals surface area contributed by atoms with Gasteiger partial charge in [-0.25, -0.2) is 0 Å². The number of carbonyl (C=O) groups excluding carboxylic acids is 1. The van der Waals surface area contributed by atoms with Crippen LogP contribution in [0.15, 0.2) is 30.3 Å². The van der Waals surface area contributed by atoms with Crippen LogP contribution in [-0.4, -0.2) is 25.8 Å². The molecule has 0 aliphatic carbocycles. The zero-order chi connectivity index (χ0) is 14.8. The first-order chi connectivity index (χ1) is 9.76. The minimum Gasteiger partial charge on any atom is -0.352 e. The van der Waals surface area contributed by atoms with Crippen molar-refractivity contribution in [2.45, 2.75) is 26.6 Å². The molecule has 0 bridgehead atoms. The summed E-state index contributed by atoms with van der Waals surface area (Å²) in [5.41, 5.74) is 1.02. The van der Waals surface area contributed by atoms with Crippen LogP contribution < -0.4 is 0 Å². The molecule has 0 aliphatic heterocycles. The minimum absolute atomic E-state index is 0.439. The highest BCUT2D eigenvalue weighted by atomic mass is 16.7. The van der Waals surface area contributed by atoms with Gasteiger partial charge in [0.25, 0.3) is 0 Å². The minimum atomic E-state index is -0.658. The van der Waals surface area contributed by atoms with Crippen LogP contribution in [0.3, 0.4) is 0 Å². The number of ether oxygens (including phenoxy) is 2. The van der Waals surface area contributed by atoms with Crippen LogP contribution in [0.5, 0.6) is 0 Å². The van der Waals surface area contributed by atoms with E-state index in [0.717, 1.165) is 11.8 Å². The average Bonchev–Trinajstić information content (AvgIpc) is 2.48. The first-order valence-corrected chi connectivity index (χ1v) is 6.88. The molecule has 2 unspecified atom stereocenters. The van der Waals surface area contributed by atoms with Gasteiger partial charge < -0.3 is 14.3 Å². The van der Waals surface area contributed by atoms with Gasteiger partial charge in [-0.2, -0.15) is 5.26 Å². The van der Waals surface area contributed by atoms with E-state index in [0.29, 0.717) is 19.6 Å². The molecule has 2 atom stereocenters. The highest BCUT2D eigenvalue weighted by Gasteiger charge is 2.30. The molecule has 0 heterocycles. The van der Waals surface area contributed by atoms with Gasteiger partial charge in [-0.1, -0.05) is 30.3 Å². The molecule has 20 heavy (non-hydrogen) atoms. The van der Waals surface area contributed by atoms with Crippen LogP contribution in [0.25, 0.3) is 0 Å². The zero-order valence-electron chi connectivity index (χ0n) is 12.0. The molecule has 0 saturated heterocycles. The number of nitriles is 1. The predicted octanol–water partition coefficient (Wildman–Crippen LogP) is 2.58. The van der Waals surface area contributed by atoms with E-state index in [1.807, 2.05) is 44.2 Å². The van der Waals surface area contributed by atoms with Crippen molar-refractivity contribution in [3.8, 4) is 6.07 Å². The smallest absolute Gasteiger partial charge is 0.173 e. The maximum atomic E-state index is 11.4. The lowest BCUT2D eigenvalue weighted by Gasteiger charge is -2.25. The molecule has 0 radical (unpaired) electrons. The Morgan fingerprint density at radius 1 is 1.20 bits per heavy atom. The number of hydrogen-bond acceptors (Lipinski definition) is 4. The monoisotopic (exact) mass is 275 g/mol. The summed E-state index contributed by atoms with van der Waals surface area (Å²) in [5.74, 6) is -1.04. The summed E-state index contributed by atoms with van der Waals surface area (Å²) < 4.78 is 10.9. The Hall–Kier alpha value is -1.70. The van der Waals surface area contributed by atoms with Gasteiger partial charge in [-0.3, -0.25) is 0 Å². The van der Waals surface area contributed by atoms with Gasteiger partial charge in [0.1, 0.15) is 12.2 Å². The van der Waals surface area contributed by atoms with Gasteiger partial charge >= 0.3 is 0 Å². The van der Waals surface area contributed by atoms with Crippen LogP contribution in [0.1, 0.15) is 19.4 Å². The molecule has 0 aliphatic rings. The van der Waals surface area contributed by atoms with E-state index in [-0.39, 0.29) is 0 Å². The molecular formula is C16H21NO3. The van der Waals surface area contributed by atoms with Crippen LogP contribution in [0.4, 0.5) is 0 Å². The zero-order valence-corrected chi connectivity index (χ0v) is 12.0. The first-order valence-electron chi connectivity index (χ1n) is 6.88. The van der Waals surface area contributed by atoms with Crippen molar-refractivity contribution in [3.05, 3.63) is 35.9 Å². The number of rotatable bonds is 9. The van der Waals surface area contributed by atoms with Gasteiger partial charge in [0, 0.05) is 19.1 Å². The molecule has 4 heteroatoms. The summed E-state index contributed by atoms with van der Waals surface area (Å²) >= 11 is 0. The van der Waals surface area contributed by atoms with Crippen LogP contribution in [0, 0.1) is 23.2 Å². The van der Waals surface area contributed by atoms with Crippen molar-refractivity contribution >= 4 is 6.29 Å². The summed E-state index contributed by atoms with van der Waals surface area (Å²) in [5, 5.41) is 9.36. The fourth-order valence-electron chi connectivity index (χ4n) is 2.09. The number of nitrogens with zero attached hydrogens (tertiary/aromatic N) is 1. The van der Waals surface area contributed by atoms with Crippen molar-refractivity contribution in [3.63, 3.8) is 0 Å². The van der Waals surface area contributed by atoms with Crippen molar-refractivity contribution < 1.29 is 14.3 Å². The first kappa shape index (κ1) is 16.4. The Morgan fingerprint density at radius 3 is 2.25 bits per heavy atom. The second kappa shape index (κ2) is 9.24. The van der Waals surface area contributed by atoms with E-state index in [9.17, 15) is 10.1 Å². The molecule has 0 aromatic heterocycles. The fourth-order valence-corrected chi connectivity index (χ4v) is 2.09. The van der Waals surface area contributed by atoms with Crippen molar-refractivity contribution in [1.82, 2.24) is 0 Å². The van der Waals surface area contributed by atoms with Gasteiger partial charge in [0.05, 0.1) is 6.07 Å². The van der Waals surface area contributed by atoms with Crippen LogP contribution in [-0.2, 0) is 20.7 Å². The molecule has 108 valence electrons. The molecule has 0 amide bonds. The quantitative estimate of drug-likeness (QED) is 0.513. The van der Waals surface area contributed by atoms with E-state index in [4.69, 9.17) is 9.47 Å². The van der Waals surface area contributed by atoms with Gasteiger partial charge in [0.2, 0.25) is 0 Å². The molecule has 4 nitrogen and oxygen atoms in total. The Kier molecular flexibility index (Phi) is 7.56. The highest BCUT2D eigenvalue weighted by Crippen LogP contribution is 2.22. The second-order valence-corrected chi connectivity index (χ2v) is 4.42. The largest absolute Gasteiger partial charge is 0.352 e. The molecule has 1 rings (SSSR count). The molecule has 0 N–H and O–H groups in total. The third-order valence-electron chi connectivity index (χ3n) is 3.05. The molecule has 1 aromatic rings. The second-order valence-electron chi connectivity index (χ2n) is 4.42. The lowest BCUT2D eigenvalue weighted by molar-refractivity contribution is -0.166. The Labute approximate surface area is 120 Å².